The lowest BCUT2D eigenvalue weighted by Crippen LogP contribution is -2.14. The number of benzene rings is 1. The van der Waals surface area contributed by atoms with E-state index in [1.807, 2.05) is 6.07 Å². The van der Waals surface area contributed by atoms with E-state index in [1.165, 1.54) is 19.3 Å². The highest BCUT2D eigenvalue weighted by Gasteiger charge is 1.99. The molecule has 3 heteroatoms. The van der Waals surface area contributed by atoms with E-state index in [2.05, 4.69) is 12.2 Å². The Morgan fingerprint density at radius 3 is 2.80 bits per heavy atom. The van der Waals surface area contributed by atoms with Crippen molar-refractivity contribution in [3.63, 3.8) is 0 Å². The van der Waals surface area contributed by atoms with Gasteiger partial charge in [-0.2, -0.15) is 0 Å². The number of hydrogen-bond acceptors (Lipinski definition) is 2. The fourth-order valence-electron chi connectivity index (χ4n) is 1.39. The third-order valence-electron chi connectivity index (χ3n) is 2.30. The van der Waals surface area contributed by atoms with Crippen LogP contribution in [0.3, 0.4) is 0 Å². The molecule has 1 aromatic rings. The number of phenols is 1. The second kappa shape index (κ2) is 6.70. The van der Waals surface area contributed by atoms with E-state index in [9.17, 15) is 5.11 Å². The van der Waals surface area contributed by atoms with Crippen molar-refractivity contribution in [2.24, 2.45) is 0 Å². The first-order chi connectivity index (χ1) is 7.24. The smallest absolute Gasteiger partial charge is 0.134 e. The molecule has 0 fully saturated rings. The predicted octanol–water partition coefficient (Wildman–Crippen LogP) is 3.33. The molecular formula is C12H18ClNO. The summed E-state index contributed by atoms with van der Waals surface area (Å²) in [7, 11) is 0. The molecule has 0 heterocycles. The molecule has 2 nitrogen and oxygen atoms in total. The Bertz CT molecular complexity index is 302. The van der Waals surface area contributed by atoms with E-state index >= 15 is 0 Å². The van der Waals surface area contributed by atoms with E-state index in [0.29, 0.717) is 5.02 Å². The van der Waals surface area contributed by atoms with Gasteiger partial charge in [0.05, 0.1) is 5.02 Å². The molecule has 84 valence electrons. The molecule has 1 aromatic carbocycles. The van der Waals surface area contributed by atoms with Gasteiger partial charge in [-0.15, -0.1) is 0 Å². The van der Waals surface area contributed by atoms with Gasteiger partial charge in [-0.05, 0) is 30.7 Å². The number of halogens is 1. The molecule has 0 atom stereocenters. The normalized spacial score (nSPS) is 10.5. The SMILES string of the molecule is CCCCCNCc1ccc(O)c(Cl)c1. The minimum absolute atomic E-state index is 0.145. The first kappa shape index (κ1) is 12.3. The molecule has 0 unspecified atom stereocenters. The summed E-state index contributed by atoms with van der Waals surface area (Å²) in [4.78, 5) is 0. The maximum atomic E-state index is 9.23. The Morgan fingerprint density at radius 2 is 2.13 bits per heavy atom. The van der Waals surface area contributed by atoms with Gasteiger partial charge in [-0.25, -0.2) is 0 Å². The van der Waals surface area contributed by atoms with Crippen LogP contribution >= 0.6 is 11.6 Å². The molecule has 0 aliphatic carbocycles. The predicted molar refractivity (Wildman–Crippen MR) is 64.3 cm³/mol. The molecule has 0 saturated heterocycles. The Labute approximate surface area is 96.3 Å². The quantitative estimate of drug-likeness (QED) is 0.731. The van der Waals surface area contributed by atoms with Crippen LogP contribution < -0.4 is 5.32 Å². The lowest BCUT2D eigenvalue weighted by atomic mass is 10.2. The minimum Gasteiger partial charge on any atom is -0.506 e. The number of phenolic OH excluding ortho intramolecular Hbond substituents is 1. The molecule has 0 spiro atoms. The van der Waals surface area contributed by atoms with Crippen LogP contribution in [0, 0.1) is 0 Å². The zero-order chi connectivity index (χ0) is 11.1. The van der Waals surface area contributed by atoms with Gasteiger partial charge in [-0.3, -0.25) is 0 Å². The molecule has 0 amide bonds. The average Bonchev–Trinajstić information content (AvgIpc) is 2.23. The second-order valence-corrected chi connectivity index (χ2v) is 4.08. The molecule has 1 rings (SSSR count). The fourth-order valence-corrected chi connectivity index (χ4v) is 1.60. The van der Waals surface area contributed by atoms with Gasteiger partial charge in [0.15, 0.2) is 0 Å². The number of aromatic hydroxyl groups is 1. The molecule has 0 aromatic heterocycles. The van der Waals surface area contributed by atoms with Gasteiger partial charge in [0.25, 0.3) is 0 Å². The highest BCUT2D eigenvalue weighted by molar-refractivity contribution is 6.32. The van der Waals surface area contributed by atoms with Crippen molar-refractivity contribution in [1.82, 2.24) is 5.32 Å². The Morgan fingerprint density at radius 1 is 1.33 bits per heavy atom. The summed E-state index contributed by atoms with van der Waals surface area (Å²) in [5.41, 5.74) is 1.11. The summed E-state index contributed by atoms with van der Waals surface area (Å²) < 4.78 is 0. The highest BCUT2D eigenvalue weighted by Crippen LogP contribution is 2.23. The molecule has 0 aliphatic rings. The van der Waals surface area contributed by atoms with Crippen LogP contribution in [0.2, 0.25) is 5.02 Å². The van der Waals surface area contributed by atoms with Crippen molar-refractivity contribution in [3.05, 3.63) is 28.8 Å². The van der Waals surface area contributed by atoms with Crippen molar-refractivity contribution in [3.8, 4) is 5.75 Å². The van der Waals surface area contributed by atoms with Gasteiger partial charge >= 0.3 is 0 Å². The van der Waals surface area contributed by atoms with Gasteiger partial charge in [0.1, 0.15) is 5.75 Å². The van der Waals surface area contributed by atoms with Gasteiger partial charge < -0.3 is 10.4 Å². The van der Waals surface area contributed by atoms with E-state index in [0.717, 1.165) is 18.7 Å². The lowest BCUT2D eigenvalue weighted by molar-refractivity contribution is 0.475. The van der Waals surface area contributed by atoms with Crippen molar-refractivity contribution >= 4 is 11.6 Å². The van der Waals surface area contributed by atoms with E-state index in [1.54, 1.807) is 12.1 Å². The largest absolute Gasteiger partial charge is 0.506 e. The second-order valence-electron chi connectivity index (χ2n) is 3.67. The first-order valence-electron chi connectivity index (χ1n) is 5.42. The fraction of sp³-hybridized carbons (Fsp3) is 0.500. The Balaban J connectivity index is 2.28. The third-order valence-corrected chi connectivity index (χ3v) is 2.60. The van der Waals surface area contributed by atoms with Gasteiger partial charge in [0, 0.05) is 6.54 Å². The molecule has 2 N–H and O–H groups in total. The molecule has 0 bridgehead atoms. The standard InChI is InChI=1S/C12H18ClNO/c1-2-3-4-7-14-9-10-5-6-12(15)11(13)8-10/h5-6,8,14-15H,2-4,7,9H2,1H3. The summed E-state index contributed by atoms with van der Waals surface area (Å²) >= 11 is 5.80. The van der Waals surface area contributed by atoms with Crippen LogP contribution in [0.15, 0.2) is 18.2 Å². The number of unbranched alkanes of at least 4 members (excludes halogenated alkanes) is 2. The summed E-state index contributed by atoms with van der Waals surface area (Å²) in [6.07, 6.45) is 3.72. The molecule has 0 saturated carbocycles. The number of hydrogen-bond donors (Lipinski definition) is 2. The zero-order valence-corrected chi connectivity index (χ0v) is 9.85. The summed E-state index contributed by atoms with van der Waals surface area (Å²) in [6.45, 7) is 4.04. The maximum Gasteiger partial charge on any atom is 0.134 e. The van der Waals surface area contributed by atoms with Crippen LogP contribution in [0.4, 0.5) is 0 Å². The summed E-state index contributed by atoms with van der Waals surface area (Å²) in [5, 5.41) is 13.0. The highest BCUT2D eigenvalue weighted by atomic mass is 35.5. The first-order valence-corrected chi connectivity index (χ1v) is 5.80. The van der Waals surface area contributed by atoms with E-state index in [-0.39, 0.29) is 5.75 Å². The van der Waals surface area contributed by atoms with Crippen molar-refractivity contribution in [2.45, 2.75) is 32.7 Å². The van der Waals surface area contributed by atoms with Crippen LogP contribution in [0.5, 0.6) is 5.75 Å². The number of nitrogens with one attached hydrogen (secondary N) is 1. The van der Waals surface area contributed by atoms with Crippen LogP contribution in [-0.4, -0.2) is 11.7 Å². The molecule has 0 aliphatic heterocycles. The van der Waals surface area contributed by atoms with Gasteiger partial charge in [0.2, 0.25) is 0 Å². The zero-order valence-electron chi connectivity index (χ0n) is 9.09. The average molecular weight is 228 g/mol. The molecular weight excluding hydrogens is 210 g/mol. The van der Waals surface area contributed by atoms with Crippen LogP contribution in [-0.2, 0) is 6.54 Å². The number of rotatable bonds is 6. The summed E-state index contributed by atoms with van der Waals surface area (Å²) in [5.74, 6) is 0.145. The van der Waals surface area contributed by atoms with Crippen molar-refractivity contribution in [2.75, 3.05) is 6.54 Å². The lowest BCUT2D eigenvalue weighted by Gasteiger charge is -2.05. The van der Waals surface area contributed by atoms with E-state index < -0.39 is 0 Å². The van der Waals surface area contributed by atoms with Crippen LogP contribution in [0.25, 0.3) is 0 Å². The Hall–Kier alpha value is -0.730. The third kappa shape index (κ3) is 4.54. The van der Waals surface area contributed by atoms with Crippen LogP contribution in [0.1, 0.15) is 31.7 Å². The maximum absolute atomic E-state index is 9.23. The Kier molecular flexibility index (Phi) is 5.51. The monoisotopic (exact) mass is 227 g/mol. The van der Waals surface area contributed by atoms with Crippen molar-refractivity contribution < 1.29 is 5.11 Å². The topological polar surface area (TPSA) is 32.3 Å². The molecule has 15 heavy (non-hydrogen) atoms. The molecule has 0 radical (unpaired) electrons. The van der Waals surface area contributed by atoms with Crippen molar-refractivity contribution in [1.29, 1.82) is 0 Å². The minimum atomic E-state index is 0.145. The van der Waals surface area contributed by atoms with Gasteiger partial charge in [-0.1, -0.05) is 37.4 Å². The van der Waals surface area contributed by atoms with E-state index in [4.69, 9.17) is 11.6 Å². The summed E-state index contributed by atoms with van der Waals surface area (Å²) in [6, 6.07) is 5.31.